The van der Waals surface area contributed by atoms with E-state index < -0.39 is 5.82 Å². The largest absolute Gasteiger partial charge is 0.339 e. The van der Waals surface area contributed by atoms with Crippen LogP contribution in [0.1, 0.15) is 42.8 Å². The van der Waals surface area contributed by atoms with Crippen LogP contribution < -0.4 is 4.90 Å². The first kappa shape index (κ1) is 12.5. The summed E-state index contributed by atoms with van der Waals surface area (Å²) in [6, 6.07) is 6.29. The summed E-state index contributed by atoms with van der Waals surface area (Å²) in [4.78, 5) is 18.0. The van der Waals surface area contributed by atoms with E-state index in [0.717, 1.165) is 18.7 Å². The topological polar surface area (TPSA) is 59.2 Å². The number of anilines is 1. The van der Waals surface area contributed by atoms with Gasteiger partial charge < -0.3 is 9.42 Å². The molecule has 2 heterocycles. The van der Waals surface area contributed by atoms with E-state index in [0.29, 0.717) is 24.0 Å². The molecule has 1 saturated heterocycles. The SMILES string of the molecule is O=C1C[C@@H](c2nc(C3CC3)no2)CN1c1ccccc1F. The second-order valence-corrected chi connectivity index (χ2v) is 5.62. The number of rotatable bonds is 3. The summed E-state index contributed by atoms with van der Waals surface area (Å²) >= 11 is 0. The molecule has 1 amide bonds. The predicted octanol–water partition coefficient (Wildman–Crippen LogP) is 2.61. The summed E-state index contributed by atoms with van der Waals surface area (Å²) < 4.78 is 19.1. The Balaban J connectivity index is 1.57. The molecular weight excluding hydrogens is 273 g/mol. The highest BCUT2D eigenvalue weighted by Crippen LogP contribution is 2.39. The molecule has 0 N–H and O–H groups in total. The fourth-order valence-electron chi connectivity index (χ4n) is 2.70. The van der Waals surface area contributed by atoms with E-state index in [1.807, 2.05) is 0 Å². The maximum absolute atomic E-state index is 13.8. The molecule has 0 bridgehead atoms. The van der Waals surface area contributed by atoms with Gasteiger partial charge in [0.05, 0.1) is 11.6 Å². The number of hydrogen-bond donors (Lipinski definition) is 0. The third-order valence-corrected chi connectivity index (χ3v) is 4.02. The Hall–Kier alpha value is -2.24. The van der Waals surface area contributed by atoms with E-state index in [1.165, 1.54) is 11.0 Å². The standard InChI is InChI=1S/C15H14FN3O2/c16-11-3-1-2-4-12(11)19-8-10(7-13(19)20)15-17-14(18-21-15)9-5-6-9/h1-4,9-10H,5-8H2/t10-/m1/s1. The minimum Gasteiger partial charge on any atom is -0.339 e. The van der Waals surface area contributed by atoms with Crippen LogP contribution in [-0.4, -0.2) is 22.6 Å². The summed E-state index contributed by atoms with van der Waals surface area (Å²) in [5, 5.41) is 3.97. The number of carbonyl (C=O) groups is 1. The first-order valence-electron chi connectivity index (χ1n) is 7.11. The molecule has 2 aromatic rings. The van der Waals surface area contributed by atoms with Crippen LogP contribution in [0.4, 0.5) is 10.1 Å². The molecule has 6 heteroatoms. The lowest BCUT2D eigenvalue weighted by molar-refractivity contribution is -0.117. The molecule has 4 rings (SSSR count). The average Bonchev–Trinajstić information content (AvgIpc) is 3.08. The van der Waals surface area contributed by atoms with Gasteiger partial charge in [0.2, 0.25) is 11.8 Å². The van der Waals surface area contributed by atoms with E-state index >= 15 is 0 Å². The van der Waals surface area contributed by atoms with Crippen LogP contribution in [0.25, 0.3) is 0 Å². The van der Waals surface area contributed by atoms with Gasteiger partial charge in [-0.25, -0.2) is 4.39 Å². The molecular formula is C15H14FN3O2. The first-order valence-corrected chi connectivity index (χ1v) is 7.11. The van der Waals surface area contributed by atoms with E-state index in [4.69, 9.17) is 4.52 Å². The monoisotopic (exact) mass is 287 g/mol. The lowest BCUT2D eigenvalue weighted by Crippen LogP contribution is -2.25. The Morgan fingerprint density at radius 2 is 2.05 bits per heavy atom. The lowest BCUT2D eigenvalue weighted by atomic mass is 10.1. The van der Waals surface area contributed by atoms with Crippen molar-refractivity contribution in [1.82, 2.24) is 10.1 Å². The van der Waals surface area contributed by atoms with Crippen molar-refractivity contribution in [2.45, 2.75) is 31.1 Å². The molecule has 1 aromatic heterocycles. The van der Waals surface area contributed by atoms with Crippen molar-refractivity contribution in [1.29, 1.82) is 0 Å². The van der Waals surface area contributed by atoms with Crippen LogP contribution in [0.3, 0.4) is 0 Å². The van der Waals surface area contributed by atoms with Crippen LogP contribution in [0, 0.1) is 5.82 Å². The maximum atomic E-state index is 13.8. The number of amides is 1. The van der Waals surface area contributed by atoms with E-state index in [1.54, 1.807) is 18.2 Å². The Kier molecular flexibility index (Phi) is 2.77. The van der Waals surface area contributed by atoms with E-state index in [9.17, 15) is 9.18 Å². The summed E-state index contributed by atoms with van der Waals surface area (Å²) in [5.74, 6) is 0.984. The molecule has 2 aliphatic rings. The smallest absolute Gasteiger partial charge is 0.232 e. The van der Waals surface area contributed by atoms with Gasteiger partial charge in [-0.15, -0.1) is 0 Å². The zero-order valence-electron chi connectivity index (χ0n) is 11.3. The molecule has 0 radical (unpaired) electrons. The fourth-order valence-corrected chi connectivity index (χ4v) is 2.70. The predicted molar refractivity (Wildman–Crippen MR) is 72.4 cm³/mol. The number of hydrogen-bond acceptors (Lipinski definition) is 4. The van der Waals surface area contributed by atoms with Gasteiger partial charge in [-0.3, -0.25) is 4.79 Å². The molecule has 21 heavy (non-hydrogen) atoms. The molecule has 1 saturated carbocycles. The van der Waals surface area contributed by atoms with Gasteiger partial charge in [0.15, 0.2) is 5.82 Å². The second kappa shape index (κ2) is 4.65. The third-order valence-electron chi connectivity index (χ3n) is 4.02. The van der Waals surface area contributed by atoms with Gasteiger partial charge in [-0.05, 0) is 25.0 Å². The summed E-state index contributed by atoms with van der Waals surface area (Å²) in [5.41, 5.74) is 0.312. The Morgan fingerprint density at radius 3 is 2.81 bits per heavy atom. The molecule has 1 aliphatic heterocycles. The molecule has 0 spiro atoms. The van der Waals surface area contributed by atoms with Crippen LogP contribution in [0.2, 0.25) is 0 Å². The zero-order valence-corrected chi connectivity index (χ0v) is 11.3. The Bertz CT molecular complexity index is 696. The minimum atomic E-state index is -0.393. The highest BCUT2D eigenvalue weighted by atomic mass is 19.1. The Labute approximate surface area is 120 Å². The molecule has 1 aromatic carbocycles. The first-order chi connectivity index (χ1) is 10.2. The van der Waals surface area contributed by atoms with Gasteiger partial charge in [0, 0.05) is 18.9 Å². The highest BCUT2D eigenvalue weighted by molar-refractivity contribution is 5.96. The van der Waals surface area contributed by atoms with Gasteiger partial charge in [0.1, 0.15) is 5.82 Å². The normalized spacial score (nSPS) is 22.0. The van der Waals surface area contributed by atoms with Gasteiger partial charge >= 0.3 is 0 Å². The minimum absolute atomic E-state index is 0.115. The third kappa shape index (κ3) is 2.20. The van der Waals surface area contributed by atoms with Crippen LogP contribution >= 0.6 is 0 Å². The second-order valence-electron chi connectivity index (χ2n) is 5.62. The Morgan fingerprint density at radius 1 is 1.24 bits per heavy atom. The number of halogens is 1. The van der Waals surface area contributed by atoms with Crippen LogP contribution in [-0.2, 0) is 4.79 Å². The van der Waals surface area contributed by atoms with Crippen molar-refractivity contribution in [3.05, 3.63) is 41.8 Å². The molecule has 1 aliphatic carbocycles. The van der Waals surface area contributed by atoms with Crippen LogP contribution in [0.15, 0.2) is 28.8 Å². The molecule has 1 atom stereocenters. The number of carbonyl (C=O) groups excluding carboxylic acids is 1. The van der Waals surface area contributed by atoms with Crippen molar-refractivity contribution in [3.8, 4) is 0 Å². The maximum Gasteiger partial charge on any atom is 0.232 e. The molecule has 0 unspecified atom stereocenters. The number of aromatic nitrogens is 2. The van der Waals surface area contributed by atoms with Crippen molar-refractivity contribution in [2.24, 2.45) is 0 Å². The summed E-state index contributed by atoms with van der Waals surface area (Å²) in [6.45, 7) is 0.381. The lowest BCUT2D eigenvalue weighted by Gasteiger charge is -2.16. The van der Waals surface area contributed by atoms with Crippen LogP contribution in [0.5, 0.6) is 0 Å². The van der Waals surface area contributed by atoms with Gasteiger partial charge in [0.25, 0.3) is 0 Å². The van der Waals surface area contributed by atoms with Crippen molar-refractivity contribution < 1.29 is 13.7 Å². The van der Waals surface area contributed by atoms with E-state index in [-0.39, 0.29) is 18.2 Å². The van der Waals surface area contributed by atoms with Gasteiger partial charge in [-0.1, -0.05) is 17.3 Å². The summed E-state index contributed by atoms with van der Waals surface area (Å²) in [7, 11) is 0. The van der Waals surface area contributed by atoms with Crippen molar-refractivity contribution in [2.75, 3.05) is 11.4 Å². The van der Waals surface area contributed by atoms with Gasteiger partial charge in [-0.2, -0.15) is 4.98 Å². The molecule has 5 nitrogen and oxygen atoms in total. The highest BCUT2D eigenvalue weighted by Gasteiger charge is 2.37. The number of benzene rings is 1. The summed E-state index contributed by atoms with van der Waals surface area (Å²) in [6.07, 6.45) is 2.48. The molecule has 108 valence electrons. The number of nitrogens with zero attached hydrogens (tertiary/aromatic N) is 3. The fraction of sp³-hybridized carbons (Fsp3) is 0.400. The van der Waals surface area contributed by atoms with Crippen molar-refractivity contribution >= 4 is 11.6 Å². The zero-order chi connectivity index (χ0) is 14.4. The van der Waals surface area contributed by atoms with E-state index in [2.05, 4.69) is 10.1 Å². The van der Waals surface area contributed by atoms with Crippen molar-refractivity contribution in [3.63, 3.8) is 0 Å². The molecule has 2 fully saturated rings. The quantitative estimate of drug-likeness (QED) is 0.870. The average molecular weight is 287 g/mol. The number of para-hydroxylation sites is 1.